The second kappa shape index (κ2) is 7.21. The second-order valence-corrected chi connectivity index (χ2v) is 6.13. The van der Waals surface area contributed by atoms with Crippen molar-refractivity contribution in [2.75, 3.05) is 7.11 Å². The fourth-order valence-electron chi connectivity index (χ4n) is 1.71. The number of benzene rings is 2. The van der Waals surface area contributed by atoms with Gasteiger partial charge in [0.2, 0.25) is 0 Å². The van der Waals surface area contributed by atoms with Crippen LogP contribution in [0.15, 0.2) is 30.3 Å². The van der Waals surface area contributed by atoms with Gasteiger partial charge in [0.1, 0.15) is 6.61 Å². The maximum absolute atomic E-state index is 8.96. The molecule has 3 nitrogen and oxygen atoms in total. The number of nitriles is 1. The van der Waals surface area contributed by atoms with Gasteiger partial charge in [0.05, 0.1) is 22.3 Å². The zero-order chi connectivity index (χ0) is 15.4. The van der Waals surface area contributed by atoms with Gasteiger partial charge in [0.25, 0.3) is 0 Å². The molecule has 2 aromatic carbocycles. The number of halogens is 3. The molecule has 21 heavy (non-hydrogen) atoms. The Morgan fingerprint density at radius 3 is 2.62 bits per heavy atom. The van der Waals surface area contributed by atoms with Crippen LogP contribution in [0.4, 0.5) is 0 Å². The molecule has 0 aliphatic carbocycles. The van der Waals surface area contributed by atoms with Crippen LogP contribution in [0.3, 0.4) is 0 Å². The van der Waals surface area contributed by atoms with E-state index in [2.05, 4.69) is 28.7 Å². The SMILES string of the molecule is COc1cc(C#N)cc(I)c1OCc1ccc(Cl)cc1Cl. The summed E-state index contributed by atoms with van der Waals surface area (Å²) in [6.45, 7) is 0.286. The normalized spacial score (nSPS) is 10.0. The van der Waals surface area contributed by atoms with Crippen molar-refractivity contribution in [2.45, 2.75) is 6.61 Å². The predicted molar refractivity (Wildman–Crippen MR) is 91.2 cm³/mol. The van der Waals surface area contributed by atoms with Crippen molar-refractivity contribution in [1.82, 2.24) is 0 Å². The summed E-state index contributed by atoms with van der Waals surface area (Å²) in [7, 11) is 1.54. The summed E-state index contributed by atoms with van der Waals surface area (Å²) >= 11 is 14.1. The molecule has 0 aliphatic rings. The molecular weight excluding hydrogens is 424 g/mol. The third-order valence-corrected chi connectivity index (χ3v) is 4.13. The van der Waals surface area contributed by atoms with Crippen molar-refractivity contribution in [3.8, 4) is 17.6 Å². The first-order valence-corrected chi connectivity index (χ1v) is 7.73. The van der Waals surface area contributed by atoms with Gasteiger partial charge in [0, 0.05) is 21.7 Å². The van der Waals surface area contributed by atoms with Gasteiger partial charge in [-0.3, -0.25) is 0 Å². The third kappa shape index (κ3) is 3.94. The lowest BCUT2D eigenvalue weighted by Crippen LogP contribution is -2.01. The van der Waals surface area contributed by atoms with Gasteiger partial charge in [-0.15, -0.1) is 0 Å². The van der Waals surface area contributed by atoms with E-state index in [1.807, 2.05) is 6.07 Å². The highest BCUT2D eigenvalue weighted by Crippen LogP contribution is 2.35. The first-order valence-electron chi connectivity index (χ1n) is 5.89. The summed E-state index contributed by atoms with van der Waals surface area (Å²) in [4.78, 5) is 0. The average molecular weight is 434 g/mol. The average Bonchev–Trinajstić information content (AvgIpc) is 2.46. The Hall–Kier alpha value is -1.16. The Kier molecular flexibility index (Phi) is 5.57. The number of hydrogen-bond acceptors (Lipinski definition) is 3. The second-order valence-electron chi connectivity index (χ2n) is 4.13. The van der Waals surface area contributed by atoms with Crippen LogP contribution in [-0.4, -0.2) is 7.11 Å². The Bertz CT molecular complexity index is 714. The summed E-state index contributed by atoms with van der Waals surface area (Å²) in [5.74, 6) is 1.10. The highest BCUT2D eigenvalue weighted by Gasteiger charge is 2.12. The van der Waals surface area contributed by atoms with E-state index in [1.165, 1.54) is 7.11 Å². The highest BCUT2D eigenvalue weighted by molar-refractivity contribution is 14.1. The lowest BCUT2D eigenvalue weighted by molar-refractivity contribution is 0.282. The highest BCUT2D eigenvalue weighted by atomic mass is 127. The van der Waals surface area contributed by atoms with E-state index in [1.54, 1.807) is 24.3 Å². The number of hydrogen-bond donors (Lipinski definition) is 0. The van der Waals surface area contributed by atoms with Crippen LogP contribution in [-0.2, 0) is 6.61 Å². The number of nitrogens with zero attached hydrogens (tertiary/aromatic N) is 1. The van der Waals surface area contributed by atoms with Crippen molar-refractivity contribution in [3.63, 3.8) is 0 Å². The molecular formula is C15H10Cl2INO2. The molecule has 0 N–H and O–H groups in total. The molecule has 2 aromatic rings. The predicted octanol–water partition coefficient (Wildman–Crippen LogP) is 5.06. The lowest BCUT2D eigenvalue weighted by Gasteiger charge is -2.13. The van der Waals surface area contributed by atoms with E-state index in [-0.39, 0.29) is 6.61 Å². The van der Waals surface area contributed by atoms with Crippen LogP contribution >= 0.6 is 45.8 Å². The molecule has 2 rings (SSSR count). The maximum Gasteiger partial charge on any atom is 0.175 e. The van der Waals surface area contributed by atoms with Crippen molar-refractivity contribution < 1.29 is 9.47 Å². The lowest BCUT2D eigenvalue weighted by atomic mass is 10.2. The molecule has 0 radical (unpaired) electrons. The third-order valence-electron chi connectivity index (χ3n) is 2.75. The van der Waals surface area contributed by atoms with Crippen LogP contribution in [0.1, 0.15) is 11.1 Å². The van der Waals surface area contributed by atoms with Crippen LogP contribution in [0, 0.1) is 14.9 Å². The Labute approximate surface area is 146 Å². The van der Waals surface area contributed by atoms with Gasteiger partial charge in [-0.1, -0.05) is 29.3 Å². The van der Waals surface area contributed by atoms with E-state index in [9.17, 15) is 0 Å². The Morgan fingerprint density at radius 2 is 2.00 bits per heavy atom. The Balaban J connectivity index is 2.26. The summed E-state index contributed by atoms with van der Waals surface area (Å²) in [6.07, 6.45) is 0. The first-order chi connectivity index (χ1) is 10.0. The molecule has 0 saturated heterocycles. The number of ether oxygens (including phenoxy) is 2. The summed E-state index contributed by atoms with van der Waals surface area (Å²) in [5, 5.41) is 10.1. The molecule has 0 heterocycles. The van der Waals surface area contributed by atoms with E-state index < -0.39 is 0 Å². The van der Waals surface area contributed by atoms with Gasteiger partial charge >= 0.3 is 0 Å². The molecule has 108 valence electrons. The summed E-state index contributed by atoms with van der Waals surface area (Å²) in [6, 6.07) is 10.7. The Morgan fingerprint density at radius 1 is 1.24 bits per heavy atom. The first kappa shape index (κ1) is 16.2. The minimum atomic E-state index is 0.286. The molecule has 0 spiro atoms. The van der Waals surface area contributed by atoms with E-state index in [4.69, 9.17) is 37.9 Å². The van der Waals surface area contributed by atoms with E-state index in [0.29, 0.717) is 27.1 Å². The zero-order valence-corrected chi connectivity index (χ0v) is 14.7. The standard InChI is InChI=1S/C15H10Cl2INO2/c1-20-14-5-9(7-19)4-13(18)15(14)21-8-10-2-3-11(16)6-12(10)17/h2-6H,8H2,1H3. The monoisotopic (exact) mass is 433 g/mol. The largest absolute Gasteiger partial charge is 0.493 e. The molecule has 0 unspecified atom stereocenters. The molecule has 0 fully saturated rings. The van der Waals surface area contributed by atoms with Crippen molar-refractivity contribution in [1.29, 1.82) is 5.26 Å². The maximum atomic E-state index is 8.96. The summed E-state index contributed by atoms with van der Waals surface area (Å²) < 4.78 is 11.9. The van der Waals surface area contributed by atoms with Crippen LogP contribution < -0.4 is 9.47 Å². The van der Waals surface area contributed by atoms with Gasteiger partial charge in [-0.05, 0) is 40.8 Å². The van der Waals surface area contributed by atoms with Crippen LogP contribution in [0.2, 0.25) is 10.0 Å². The van der Waals surface area contributed by atoms with Crippen molar-refractivity contribution in [2.24, 2.45) is 0 Å². The molecule has 0 saturated carbocycles. The number of rotatable bonds is 4. The quantitative estimate of drug-likeness (QED) is 0.633. The zero-order valence-electron chi connectivity index (χ0n) is 11.0. The van der Waals surface area contributed by atoms with Gasteiger partial charge in [0.15, 0.2) is 11.5 Å². The minimum absolute atomic E-state index is 0.286. The van der Waals surface area contributed by atoms with E-state index in [0.717, 1.165) is 9.13 Å². The molecule has 0 aliphatic heterocycles. The fourth-order valence-corrected chi connectivity index (χ4v) is 2.93. The van der Waals surface area contributed by atoms with Gasteiger partial charge < -0.3 is 9.47 Å². The fraction of sp³-hybridized carbons (Fsp3) is 0.133. The molecule has 0 amide bonds. The smallest absolute Gasteiger partial charge is 0.175 e. The van der Waals surface area contributed by atoms with Crippen molar-refractivity contribution in [3.05, 3.63) is 55.1 Å². The number of methoxy groups -OCH3 is 1. The van der Waals surface area contributed by atoms with Gasteiger partial charge in [-0.2, -0.15) is 5.26 Å². The minimum Gasteiger partial charge on any atom is -0.493 e. The molecule has 0 atom stereocenters. The topological polar surface area (TPSA) is 42.2 Å². The molecule has 0 bridgehead atoms. The van der Waals surface area contributed by atoms with Crippen molar-refractivity contribution >= 4 is 45.8 Å². The van der Waals surface area contributed by atoms with Gasteiger partial charge in [-0.25, -0.2) is 0 Å². The molecule has 0 aromatic heterocycles. The van der Waals surface area contributed by atoms with E-state index >= 15 is 0 Å². The molecule has 6 heteroatoms. The van der Waals surface area contributed by atoms with Crippen LogP contribution in [0.25, 0.3) is 0 Å². The van der Waals surface area contributed by atoms with Crippen LogP contribution in [0.5, 0.6) is 11.5 Å². The summed E-state index contributed by atoms with van der Waals surface area (Å²) in [5.41, 5.74) is 1.34.